The SMILES string of the molecule is C=CCCc1ccc(-c2ccc(C3CCC(OCC)CC3)cc2)c(F)c1F. The average Bonchev–Trinajstić information content (AvgIpc) is 2.70. The predicted octanol–water partition coefficient (Wildman–Crippen LogP) is 6.81. The second-order valence-electron chi connectivity index (χ2n) is 7.28. The average molecular weight is 370 g/mol. The van der Waals surface area contributed by atoms with Gasteiger partial charge in [-0.3, -0.25) is 0 Å². The summed E-state index contributed by atoms with van der Waals surface area (Å²) < 4.78 is 34.6. The molecule has 0 saturated heterocycles. The third-order valence-electron chi connectivity index (χ3n) is 5.55. The van der Waals surface area contributed by atoms with Gasteiger partial charge in [0.25, 0.3) is 0 Å². The van der Waals surface area contributed by atoms with Crippen LogP contribution in [0.15, 0.2) is 49.1 Å². The largest absolute Gasteiger partial charge is 0.379 e. The Hall–Kier alpha value is -2.00. The number of aryl methyl sites for hydroxylation is 1. The van der Waals surface area contributed by atoms with E-state index in [0.29, 0.717) is 41.6 Å². The van der Waals surface area contributed by atoms with Crippen molar-refractivity contribution in [2.45, 2.75) is 57.5 Å². The molecule has 3 rings (SSSR count). The van der Waals surface area contributed by atoms with Gasteiger partial charge in [0.15, 0.2) is 11.6 Å². The van der Waals surface area contributed by atoms with Gasteiger partial charge in [0, 0.05) is 12.2 Å². The van der Waals surface area contributed by atoms with Crippen molar-refractivity contribution in [2.75, 3.05) is 6.61 Å². The molecule has 1 saturated carbocycles. The molecule has 0 unspecified atom stereocenters. The molecule has 27 heavy (non-hydrogen) atoms. The van der Waals surface area contributed by atoms with Crippen molar-refractivity contribution in [3.05, 3.63) is 71.8 Å². The molecule has 1 nitrogen and oxygen atoms in total. The highest BCUT2D eigenvalue weighted by molar-refractivity contribution is 5.65. The minimum absolute atomic E-state index is 0.321. The van der Waals surface area contributed by atoms with Crippen LogP contribution < -0.4 is 0 Å². The van der Waals surface area contributed by atoms with Crippen LogP contribution in [0, 0.1) is 11.6 Å². The maximum absolute atomic E-state index is 14.5. The number of ether oxygens (including phenoxy) is 1. The van der Waals surface area contributed by atoms with E-state index < -0.39 is 11.6 Å². The lowest BCUT2D eigenvalue weighted by Crippen LogP contribution is -2.20. The van der Waals surface area contributed by atoms with Gasteiger partial charge in [-0.1, -0.05) is 42.5 Å². The van der Waals surface area contributed by atoms with E-state index in [0.717, 1.165) is 32.3 Å². The molecule has 144 valence electrons. The third-order valence-corrected chi connectivity index (χ3v) is 5.55. The molecular formula is C24H28F2O. The molecule has 0 aliphatic heterocycles. The molecule has 0 radical (unpaired) electrons. The van der Waals surface area contributed by atoms with Crippen molar-refractivity contribution >= 4 is 0 Å². The van der Waals surface area contributed by atoms with Crippen molar-refractivity contribution in [2.24, 2.45) is 0 Å². The highest BCUT2D eigenvalue weighted by Gasteiger charge is 2.22. The quantitative estimate of drug-likeness (QED) is 0.486. The predicted molar refractivity (Wildman–Crippen MR) is 107 cm³/mol. The Morgan fingerprint density at radius 1 is 1.00 bits per heavy atom. The zero-order chi connectivity index (χ0) is 19.2. The summed E-state index contributed by atoms with van der Waals surface area (Å²) >= 11 is 0. The molecule has 1 aliphatic carbocycles. The van der Waals surface area contributed by atoms with Gasteiger partial charge in [-0.25, -0.2) is 8.78 Å². The van der Waals surface area contributed by atoms with Gasteiger partial charge >= 0.3 is 0 Å². The Labute approximate surface area is 161 Å². The van der Waals surface area contributed by atoms with Crippen molar-refractivity contribution in [3.8, 4) is 11.1 Å². The van der Waals surface area contributed by atoms with Gasteiger partial charge in [0.05, 0.1) is 6.10 Å². The zero-order valence-electron chi connectivity index (χ0n) is 16.0. The van der Waals surface area contributed by atoms with Crippen LogP contribution in [0.4, 0.5) is 8.78 Å². The third kappa shape index (κ3) is 4.65. The van der Waals surface area contributed by atoms with E-state index in [1.54, 1.807) is 18.2 Å². The van der Waals surface area contributed by atoms with Gasteiger partial charge in [0.2, 0.25) is 0 Å². The highest BCUT2D eigenvalue weighted by Crippen LogP contribution is 2.35. The van der Waals surface area contributed by atoms with Crippen LogP contribution in [0.5, 0.6) is 0 Å². The summed E-state index contributed by atoms with van der Waals surface area (Å²) in [6, 6.07) is 11.3. The van der Waals surface area contributed by atoms with Gasteiger partial charge in [-0.2, -0.15) is 0 Å². The number of hydrogen-bond acceptors (Lipinski definition) is 1. The first kappa shape index (κ1) is 19.8. The highest BCUT2D eigenvalue weighted by atomic mass is 19.2. The summed E-state index contributed by atoms with van der Waals surface area (Å²) in [5, 5.41) is 0. The molecule has 0 atom stereocenters. The van der Waals surface area contributed by atoms with Crippen molar-refractivity contribution in [3.63, 3.8) is 0 Å². The lowest BCUT2D eigenvalue weighted by Gasteiger charge is -2.28. The van der Waals surface area contributed by atoms with E-state index in [1.165, 1.54) is 5.56 Å². The zero-order valence-corrected chi connectivity index (χ0v) is 16.0. The summed E-state index contributed by atoms with van der Waals surface area (Å²) in [6.45, 7) is 6.45. The summed E-state index contributed by atoms with van der Waals surface area (Å²) in [5.41, 5.74) is 2.71. The van der Waals surface area contributed by atoms with E-state index >= 15 is 0 Å². The normalized spacial score (nSPS) is 19.8. The molecule has 0 heterocycles. The molecule has 1 aliphatic rings. The van der Waals surface area contributed by atoms with Gasteiger partial charge in [0.1, 0.15) is 0 Å². The monoisotopic (exact) mass is 370 g/mol. The first-order chi connectivity index (χ1) is 13.1. The summed E-state index contributed by atoms with van der Waals surface area (Å²) in [4.78, 5) is 0. The second kappa shape index (κ2) is 9.27. The lowest BCUT2D eigenvalue weighted by atomic mass is 9.82. The number of benzene rings is 2. The Bertz CT molecular complexity index is 759. The van der Waals surface area contributed by atoms with Crippen molar-refractivity contribution in [1.29, 1.82) is 0 Å². The maximum atomic E-state index is 14.5. The maximum Gasteiger partial charge on any atom is 0.166 e. The minimum Gasteiger partial charge on any atom is -0.379 e. The molecule has 1 fully saturated rings. The fraction of sp³-hybridized carbons (Fsp3) is 0.417. The van der Waals surface area contributed by atoms with Gasteiger partial charge < -0.3 is 4.74 Å². The van der Waals surface area contributed by atoms with E-state index in [4.69, 9.17) is 4.74 Å². The Morgan fingerprint density at radius 3 is 2.33 bits per heavy atom. The minimum atomic E-state index is -0.762. The molecule has 0 amide bonds. The van der Waals surface area contributed by atoms with E-state index in [9.17, 15) is 8.78 Å². The number of hydrogen-bond donors (Lipinski definition) is 0. The van der Waals surface area contributed by atoms with Crippen LogP contribution in [-0.2, 0) is 11.2 Å². The Morgan fingerprint density at radius 2 is 1.70 bits per heavy atom. The summed E-state index contributed by atoms with van der Waals surface area (Å²) in [7, 11) is 0. The van der Waals surface area contributed by atoms with Gasteiger partial charge in [-0.15, -0.1) is 6.58 Å². The molecule has 2 aromatic rings. The molecule has 0 aromatic heterocycles. The van der Waals surface area contributed by atoms with Crippen LogP contribution in [0.3, 0.4) is 0 Å². The van der Waals surface area contributed by atoms with Gasteiger partial charge in [-0.05, 0) is 68.1 Å². The Balaban J connectivity index is 1.72. The molecular weight excluding hydrogens is 342 g/mol. The summed E-state index contributed by atoms with van der Waals surface area (Å²) in [6.07, 6.45) is 7.62. The molecule has 0 N–H and O–H groups in total. The fourth-order valence-electron chi connectivity index (χ4n) is 4.00. The smallest absolute Gasteiger partial charge is 0.166 e. The molecule has 2 aromatic carbocycles. The number of allylic oxidation sites excluding steroid dienone is 1. The van der Waals surface area contributed by atoms with Crippen LogP contribution in [0.2, 0.25) is 0 Å². The lowest BCUT2D eigenvalue weighted by molar-refractivity contribution is 0.0328. The van der Waals surface area contributed by atoms with E-state index in [-0.39, 0.29) is 0 Å². The number of rotatable bonds is 7. The Kier molecular flexibility index (Phi) is 6.78. The first-order valence-electron chi connectivity index (χ1n) is 9.93. The molecule has 3 heteroatoms. The van der Waals surface area contributed by atoms with E-state index in [2.05, 4.69) is 18.7 Å². The van der Waals surface area contributed by atoms with Crippen LogP contribution in [0.25, 0.3) is 11.1 Å². The van der Waals surface area contributed by atoms with Crippen molar-refractivity contribution in [1.82, 2.24) is 0 Å². The first-order valence-corrected chi connectivity index (χ1v) is 9.93. The fourth-order valence-corrected chi connectivity index (χ4v) is 4.00. The van der Waals surface area contributed by atoms with Crippen LogP contribution in [-0.4, -0.2) is 12.7 Å². The van der Waals surface area contributed by atoms with Crippen molar-refractivity contribution < 1.29 is 13.5 Å². The summed E-state index contributed by atoms with van der Waals surface area (Å²) in [5.74, 6) is -0.979. The van der Waals surface area contributed by atoms with E-state index in [1.807, 2.05) is 19.1 Å². The number of halogens is 2. The molecule has 0 bridgehead atoms. The topological polar surface area (TPSA) is 9.23 Å². The van der Waals surface area contributed by atoms with Crippen LogP contribution >= 0.6 is 0 Å². The van der Waals surface area contributed by atoms with Crippen LogP contribution in [0.1, 0.15) is 56.1 Å². The standard InChI is InChI=1S/C24H28F2O/c1-3-5-6-20-13-16-22(24(26)23(20)25)19-9-7-17(8-10-19)18-11-14-21(15-12-18)27-4-2/h3,7-10,13,16,18,21H,1,4-6,11-12,14-15H2,2H3. The second-order valence-corrected chi connectivity index (χ2v) is 7.28. The molecule has 0 spiro atoms.